The van der Waals surface area contributed by atoms with Gasteiger partial charge in [-0.1, -0.05) is 97.6 Å². The molecule has 0 N–H and O–H groups in total. The van der Waals surface area contributed by atoms with Crippen LogP contribution in [0.25, 0.3) is 5.70 Å². The number of nitrogens with zero attached hydrogens (tertiary/aromatic N) is 2. The van der Waals surface area contributed by atoms with Crippen molar-refractivity contribution in [2.24, 2.45) is 10.7 Å². The van der Waals surface area contributed by atoms with E-state index in [4.69, 9.17) is 4.76 Å². The number of hydrogen-bond donors (Lipinski definition) is 0. The predicted octanol–water partition coefficient (Wildman–Crippen LogP) is 7.51. The summed E-state index contributed by atoms with van der Waals surface area (Å²) in [6.45, 7) is 2.15. The van der Waals surface area contributed by atoms with Crippen molar-refractivity contribution >= 4 is 30.6 Å². The molecule has 31 heavy (non-hydrogen) atoms. The van der Waals surface area contributed by atoms with Gasteiger partial charge < -0.3 is 0 Å². The van der Waals surface area contributed by atoms with Gasteiger partial charge in [-0.2, -0.15) is 0 Å². The molecule has 3 aromatic rings. The van der Waals surface area contributed by atoms with Crippen molar-refractivity contribution < 1.29 is 0 Å². The van der Waals surface area contributed by atoms with Gasteiger partial charge in [0, 0.05) is 22.6 Å². The molecule has 1 unspecified atom stereocenters. The topological polar surface area (TPSA) is 15.6 Å². The minimum atomic E-state index is -0.890. The summed E-state index contributed by atoms with van der Waals surface area (Å²) in [7, 11) is -0.890. The van der Waals surface area contributed by atoms with Gasteiger partial charge in [-0.3, -0.25) is 4.67 Å². The van der Waals surface area contributed by atoms with E-state index < -0.39 is 8.22 Å². The van der Waals surface area contributed by atoms with E-state index in [9.17, 15) is 0 Å². The van der Waals surface area contributed by atoms with Crippen LogP contribution in [0.3, 0.4) is 0 Å². The van der Waals surface area contributed by atoms with E-state index in [0.29, 0.717) is 5.92 Å². The third-order valence-corrected chi connectivity index (χ3v) is 8.28. The van der Waals surface area contributed by atoms with Gasteiger partial charge in [0.1, 0.15) is 0 Å². The number of aryl methyl sites for hydroxylation is 1. The maximum absolute atomic E-state index is 5.46. The van der Waals surface area contributed by atoms with E-state index in [2.05, 4.69) is 103 Å². The van der Waals surface area contributed by atoms with Crippen LogP contribution < -0.4 is 9.97 Å². The van der Waals surface area contributed by atoms with Gasteiger partial charge in [0.25, 0.3) is 0 Å². The first-order chi connectivity index (χ1) is 15.3. The zero-order valence-corrected chi connectivity index (χ0v) is 19.0. The molecule has 2 nitrogen and oxygen atoms in total. The quantitative estimate of drug-likeness (QED) is 0.396. The average Bonchev–Trinajstić information content (AvgIpc) is 2.85. The summed E-state index contributed by atoms with van der Waals surface area (Å²) in [4.78, 5) is 0. The van der Waals surface area contributed by atoms with E-state index in [1.54, 1.807) is 0 Å². The lowest BCUT2D eigenvalue weighted by atomic mass is 9.85. The highest BCUT2D eigenvalue weighted by Crippen LogP contribution is 2.52. The second-order valence-electron chi connectivity index (χ2n) is 8.53. The van der Waals surface area contributed by atoms with Crippen molar-refractivity contribution in [3.8, 4) is 0 Å². The fraction of sp³-hybridized carbons (Fsp3) is 0.250. The van der Waals surface area contributed by atoms with Gasteiger partial charge in [-0.25, -0.2) is 4.76 Å². The maximum atomic E-state index is 5.46. The summed E-state index contributed by atoms with van der Waals surface area (Å²) in [6, 6.07) is 30.6. The monoisotopic (exact) mass is 424 g/mol. The summed E-state index contributed by atoms with van der Waals surface area (Å²) < 4.78 is 7.94. The molecule has 0 amide bonds. The number of benzene rings is 3. The van der Waals surface area contributed by atoms with Crippen LogP contribution in [0.5, 0.6) is 0 Å². The second kappa shape index (κ2) is 9.20. The zero-order chi connectivity index (χ0) is 21.0. The van der Waals surface area contributed by atoms with Crippen LogP contribution in [0.4, 0.5) is 5.69 Å². The Morgan fingerprint density at radius 3 is 2.10 bits per heavy atom. The highest BCUT2D eigenvalue weighted by molar-refractivity contribution is 7.66. The molecule has 3 heteroatoms. The number of anilines is 1. The van der Waals surface area contributed by atoms with E-state index in [1.807, 2.05) is 0 Å². The summed E-state index contributed by atoms with van der Waals surface area (Å²) in [5.41, 5.74) is 6.32. The van der Waals surface area contributed by atoms with Crippen LogP contribution in [-0.2, 0) is 0 Å². The molecule has 0 spiro atoms. The molecule has 0 radical (unpaired) electrons. The molecule has 1 fully saturated rings. The largest absolute Gasteiger partial charge is 0.297 e. The third-order valence-electron chi connectivity index (χ3n) is 6.27. The first-order valence-electron chi connectivity index (χ1n) is 11.4. The Labute approximate surface area is 187 Å². The van der Waals surface area contributed by atoms with Crippen molar-refractivity contribution in [1.29, 1.82) is 0 Å². The molecule has 1 aliphatic heterocycles. The molecule has 2 aliphatic rings. The number of allylic oxidation sites excluding steroid dienone is 1. The van der Waals surface area contributed by atoms with Gasteiger partial charge in [-0.15, -0.1) is 0 Å². The Bertz CT molecular complexity index is 1070. The number of rotatable bonds is 4. The Morgan fingerprint density at radius 2 is 1.42 bits per heavy atom. The Balaban J connectivity index is 1.67. The normalized spacial score (nSPS) is 19.6. The lowest BCUT2D eigenvalue weighted by Crippen LogP contribution is -2.28. The second-order valence-corrected chi connectivity index (χ2v) is 10.2. The molecule has 1 saturated carbocycles. The van der Waals surface area contributed by atoms with Crippen molar-refractivity contribution in [3.63, 3.8) is 0 Å². The van der Waals surface area contributed by atoms with Gasteiger partial charge in [-0.05, 0) is 43.5 Å². The molecule has 0 aromatic heterocycles. The van der Waals surface area contributed by atoms with Crippen LogP contribution in [0.15, 0.2) is 95.8 Å². The zero-order valence-electron chi connectivity index (χ0n) is 18.1. The maximum Gasteiger partial charge on any atom is 0.153 e. The van der Waals surface area contributed by atoms with Crippen molar-refractivity contribution in [2.45, 2.75) is 39.0 Å². The van der Waals surface area contributed by atoms with Crippen molar-refractivity contribution in [1.82, 2.24) is 0 Å². The van der Waals surface area contributed by atoms with Crippen LogP contribution in [0.1, 0.15) is 43.2 Å². The smallest absolute Gasteiger partial charge is 0.153 e. The average molecular weight is 425 g/mol. The van der Waals surface area contributed by atoms with Gasteiger partial charge in [0.15, 0.2) is 8.22 Å². The molecule has 3 aromatic carbocycles. The van der Waals surface area contributed by atoms with E-state index >= 15 is 0 Å². The molecular weight excluding hydrogens is 395 g/mol. The van der Waals surface area contributed by atoms with Gasteiger partial charge >= 0.3 is 0 Å². The molecule has 156 valence electrons. The first kappa shape index (κ1) is 20.2. The summed E-state index contributed by atoms with van der Waals surface area (Å²) in [6.07, 6.45) is 8.92. The summed E-state index contributed by atoms with van der Waals surface area (Å²) in [5.74, 6) is 0.585. The summed E-state index contributed by atoms with van der Waals surface area (Å²) >= 11 is 0. The minimum Gasteiger partial charge on any atom is -0.297 e. The van der Waals surface area contributed by atoms with Crippen molar-refractivity contribution in [3.05, 3.63) is 102 Å². The van der Waals surface area contributed by atoms with Crippen LogP contribution >= 0.6 is 8.22 Å². The minimum absolute atomic E-state index is 0.585. The molecule has 1 heterocycles. The summed E-state index contributed by atoms with van der Waals surface area (Å²) in [5, 5.41) is 1.30. The molecule has 0 bridgehead atoms. The van der Waals surface area contributed by atoms with Crippen LogP contribution in [-0.4, -0.2) is 5.71 Å². The Hall–Kier alpha value is -2.70. The van der Waals surface area contributed by atoms with Crippen molar-refractivity contribution in [2.75, 3.05) is 4.67 Å². The van der Waals surface area contributed by atoms with E-state index in [0.717, 1.165) is 0 Å². The molecule has 1 aliphatic carbocycles. The third kappa shape index (κ3) is 4.36. The highest BCUT2D eigenvalue weighted by atomic mass is 31.1. The van der Waals surface area contributed by atoms with E-state index in [1.165, 1.54) is 65.6 Å². The van der Waals surface area contributed by atoms with Crippen LogP contribution in [0.2, 0.25) is 0 Å². The predicted molar refractivity (Wildman–Crippen MR) is 135 cm³/mol. The number of hydrogen-bond acceptors (Lipinski definition) is 2. The van der Waals surface area contributed by atoms with Crippen LogP contribution in [0, 0.1) is 12.8 Å². The van der Waals surface area contributed by atoms with Gasteiger partial charge in [0.2, 0.25) is 0 Å². The fourth-order valence-electron chi connectivity index (χ4n) is 4.57. The molecule has 1 atom stereocenters. The van der Waals surface area contributed by atoms with E-state index in [-0.39, 0.29) is 0 Å². The molecule has 0 saturated heterocycles. The lowest BCUT2D eigenvalue weighted by molar-refractivity contribution is 0.441. The first-order valence-corrected chi connectivity index (χ1v) is 12.6. The highest BCUT2D eigenvalue weighted by Gasteiger charge is 2.32. The van der Waals surface area contributed by atoms with Gasteiger partial charge in [0.05, 0.1) is 5.70 Å². The Morgan fingerprint density at radius 1 is 0.774 bits per heavy atom. The molecular formula is C28H29N2P. The SMILES string of the molecule is Cc1ccc(N2C(c3ccccc3)=CC(C3CCCCC3)=NP2c2ccccc2)cc1. The lowest BCUT2D eigenvalue weighted by Gasteiger charge is -2.38. The molecule has 5 rings (SSSR count). The Kier molecular flexibility index (Phi) is 6.00. The standard InChI is InChI=1S/C28H29N2P/c1-22-17-19-25(20-18-22)30-28(24-13-7-3-8-14-24)21-27(23-11-5-2-6-12-23)29-31(30)26-15-9-4-10-16-26/h3-4,7-10,13-21,23H,2,5-6,11-12H2,1H3. The fourth-order valence-corrected chi connectivity index (χ4v) is 6.61.